The minimum Gasteiger partial charge on any atom is -0.378 e. The van der Waals surface area contributed by atoms with Crippen LogP contribution in [0.2, 0.25) is 0 Å². The molecule has 6 nitrogen and oxygen atoms in total. The van der Waals surface area contributed by atoms with E-state index in [4.69, 9.17) is 10.1 Å². The number of hydrogen-bond donors (Lipinski definition) is 2. The fourth-order valence-electron chi connectivity index (χ4n) is 3.39. The summed E-state index contributed by atoms with van der Waals surface area (Å²) in [6.07, 6.45) is 0. The van der Waals surface area contributed by atoms with Crippen LogP contribution in [0.4, 0.5) is 10.1 Å². The molecule has 0 saturated carbocycles. The number of nitrogens with one attached hydrogen (secondary N) is 2. The summed E-state index contributed by atoms with van der Waals surface area (Å²) in [5.74, 6) is -0.137. The zero-order chi connectivity index (χ0) is 18.5. The zero-order valence-corrected chi connectivity index (χ0v) is 15.6. The molecule has 0 atom stereocenters. The quantitative estimate of drug-likeness (QED) is 0.633. The van der Waals surface area contributed by atoms with Crippen molar-refractivity contribution in [2.75, 3.05) is 64.4 Å². The largest absolute Gasteiger partial charge is 0.378 e. The molecule has 0 aromatic heterocycles. The number of amidine groups is 1. The third-order valence-corrected chi connectivity index (χ3v) is 4.97. The van der Waals surface area contributed by atoms with Crippen LogP contribution >= 0.6 is 0 Å². The summed E-state index contributed by atoms with van der Waals surface area (Å²) in [5, 5.41) is 11.2. The molecule has 3 rings (SSSR count). The van der Waals surface area contributed by atoms with E-state index in [1.165, 1.54) is 11.3 Å². The van der Waals surface area contributed by atoms with Gasteiger partial charge >= 0.3 is 0 Å². The molecule has 2 saturated heterocycles. The minimum absolute atomic E-state index is 0.0568. The number of nitrogens with zero attached hydrogens (tertiary/aromatic N) is 3. The lowest BCUT2D eigenvalue weighted by atomic mass is 10.2. The second kappa shape index (κ2) is 8.40. The Labute approximate surface area is 154 Å². The van der Waals surface area contributed by atoms with Crippen molar-refractivity contribution in [1.29, 1.82) is 5.41 Å². The molecule has 2 aliphatic rings. The number of morpholine rings is 1. The average molecular weight is 361 g/mol. The van der Waals surface area contributed by atoms with Gasteiger partial charge in [0.25, 0.3) is 0 Å². The first-order valence-electron chi connectivity index (χ1n) is 9.16. The van der Waals surface area contributed by atoms with E-state index >= 15 is 0 Å². The Balaban J connectivity index is 1.65. The van der Waals surface area contributed by atoms with Gasteiger partial charge in [0.15, 0.2) is 5.84 Å². The molecule has 2 heterocycles. The number of aryl methyl sites for hydroxylation is 1. The van der Waals surface area contributed by atoms with Crippen molar-refractivity contribution in [2.45, 2.75) is 6.92 Å². The van der Waals surface area contributed by atoms with Crippen LogP contribution in [0.25, 0.3) is 0 Å². The molecule has 2 fully saturated rings. The van der Waals surface area contributed by atoms with Crippen molar-refractivity contribution in [3.63, 3.8) is 0 Å². The van der Waals surface area contributed by atoms with E-state index in [0.717, 1.165) is 13.1 Å². The monoisotopic (exact) mass is 361 g/mol. The van der Waals surface area contributed by atoms with Gasteiger partial charge in [0.2, 0.25) is 5.83 Å². The van der Waals surface area contributed by atoms with Crippen LogP contribution in [0, 0.1) is 12.3 Å². The highest BCUT2D eigenvalue weighted by Gasteiger charge is 2.25. The molecule has 142 valence electrons. The second-order valence-electron chi connectivity index (χ2n) is 6.67. The molecule has 0 bridgehead atoms. The Hall–Kier alpha value is -2.28. The fourth-order valence-corrected chi connectivity index (χ4v) is 3.39. The van der Waals surface area contributed by atoms with Gasteiger partial charge in [-0.3, -0.25) is 5.41 Å². The number of hydrogen-bond acceptors (Lipinski definition) is 5. The molecule has 0 amide bonds. The normalized spacial score (nSPS) is 19.3. The third kappa shape index (κ3) is 4.09. The molecule has 0 unspecified atom stereocenters. The SMILES string of the molecule is CN/C(=C(/F)C(=N)N1CCOCC1)N1CCN(c2ccc(C)cc2)CC1. The molecular formula is C19H28FN5O. The minimum atomic E-state index is -0.488. The lowest BCUT2D eigenvalue weighted by Gasteiger charge is -2.38. The van der Waals surface area contributed by atoms with E-state index in [9.17, 15) is 4.39 Å². The zero-order valence-electron chi connectivity index (χ0n) is 15.6. The van der Waals surface area contributed by atoms with Crippen LogP contribution in [0.5, 0.6) is 0 Å². The number of benzene rings is 1. The number of piperazine rings is 1. The van der Waals surface area contributed by atoms with Gasteiger partial charge in [0, 0.05) is 52.0 Å². The highest BCUT2D eigenvalue weighted by molar-refractivity contribution is 5.94. The number of rotatable bonds is 4. The van der Waals surface area contributed by atoms with Crippen LogP contribution < -0.4 is 10.2 Å². The Bertz CT molecular complexity index is 646. The number of anilines is 1. The van der Waals surface area contributed by atoms with Crippen LogP contribution in [-0.4, -0.2) is 75.2 Å². The van der Waals surface area contributed by atoms with E-state index in [-0.39, 0.29) is 5.84 Å². The Morgan fingerprint density at radius 1 is 1.00 bits per heavy atom. The summed E-state index contributed by atoms with van der Waals surface area (Å²) < 4.78 is 20.2. The van der Waals surface area contributed by atoms with Crippen molar-refractivity contribution < 1.29 is 9.13 Å². The highest BCUT2D eigenvalue weighted by Crippen LogP contribution is 2.20. The molecule has 1 aromatic carbocycles. The van der Waals surface area contributed by atoms with E-state index in [0.29, 0.717) is 45.2 Å². The molecule has 2 aliphatic heterocycles. The molecular weight excluding hydrogens is 333 g/mol. The maximum absolute atomic E-state index is 14.9. The molecule has 0 aliphatic carbocycles. The Kier molecular flexibility index (Phi) is 5.98. The summed E-state index contributed by atoms with van der Waals surface area (Å²) in [6, 6.07) is 8.50. The van der Waals surface area contributed by atoms with Gasteiger partial charge in [-0.2, -0.15) is 4.39 Å². The van der Waals surface area contributed by atoms with Gasteiger partial charge in [-0.1, -0.05) is 17.7 Å². The van der Waals surface area contributed by atoms with Crippen molar-refractivity contribution >= 4 is 11.5 Å². The highest BCUT2D eigenvalue weighted by atomic mass is 19.1. The van der Waals surface area contributed by atoms with Gasteiger partial charge in [-0.05, 0) is 19.1 Å². The molecule has 0 radical (unpaired) electrons. The van der Waals surface area contributed by atoms with Crippen LogP contribution in [0.1, 0.15) is 5.56 Å². The molecule has 1 aromatic rings. The van der Waals surface area contributed by atoms with Gasteiger partial charge in [0.1, 0.15) is 5.82 Å². The maximum atomic E-state index is 14.9. The van der Waals surface area contributed by atoms with Crippen molar-refractivity contribution in [3.05, 3.63) is 41.5 Å². The van der Waals surface area contributed by atoms with Crippen LogP contribution in [0.15, 0.2) is 35.9 Å². The van der Waals surface area contributed by atoms with Gasteiger partial charge < -0.3 is 24.8 Å². The summed E-state index contributed by atoms with van der Waals surface area (Å²) >= 11 is 0. The lowest BCUT2D eigenvalue weighted by molar-refractivity contribution is 0.0672. The van der Waals surface area contributed by atoms with Crippen molar-refractivity contribution in [1.82, 2.24) is 15.1 Å². The second-order valence-corrected chi connectivity index (χ2v) is 6.67. The smallest absolute Gasteiger partial charge is 0.204 e. The summed E-state index contributed by atoms with van der Waals surface area (Å²) in [5.41, 5.74) is 2.45. The molecule has 0 spiro atoms. The summed E-state index contributed by atoms with van der Waals surface area (Å²) in [4.78, 5) is 6.04. The van der Waals surface area contributed by atoms with Crippen molar-refractivity contribution in [2.24, 2.45) is 0 Å². The first-order chi connectivity index (χ1) is 12.6. The van der Waals surface area contributed by atoms with E-state index in [2.05, 4.69) is 41.4 Å². The average Bonchev–Trinajstić information content (AvgIpc) is 2.70. The van der Waals surface area contributed by atoms with Gasteiger partial charge in [-0.25, -0.2) is 0 Å². The maximum Gasteiger partial charge on any atom is 0.204 e. The van der Waals surface area contributed by atoms with E-state index in [1.54, 1.807) is 11.9 Å². The summed E-state index contributed by atoms with van der Waals surface area (Å²) in [6.45, 7) is 7.37. The number of halogens is 1. The third-order valence-electron chi connectivity index (χ3n) is 4.97. The first kappa shape index (κ1) is 18.5. The van der Waals surface area contributed by atoms with Gasteiger partial charge in [-0.15, -0.1) is 0 Å². The predicted octanol–water partition coefficient (Wildman–Crippen LogP) is 1.78. The topological polar surface area (TPSA) is 54.8 Å². The molecule has 2 N–H and O–H groups in total. The Morgan fingerprint density at radius 2 is 1.62 bits per heavy atom. The van der Waals surface area contributed by atoms with Crippen LogP contribution in [-0.2, 0) is 4.74 Å². The number of ether oxygens (including phenoxy) is 1. The molecule has 7 heteroatoms. The predicted molar refractivity (Wildman–Crippen MR) is 102 cm³/mol. The summed E-state index contributed by atoms with van der Waals surface area (Å²) in [7, 11) is 1.72. The van der Waals surface area contributed by atoms with E-state index in [1.807, 2.05) is 4.90 Å². The van der Waals surface area contributed by atoms with Gasteiger partial charge in [0.05, 0.1) is 13.2 Å². The van der Waals surface area contributed by atoms with Crippen LogP contribution in [0.3, 0.4) is 0 Å². The lowest BCUT2D eigenvalue weighted by Crippen LogP contribution is -2.49. The first-order valence-corrected chi connectivity index (χ1v) is 9.16. The Morgan fingerprint density at radius 3 is 2.19 bits per heavy atom. The fraction of sp³-hybridized carbons (Fsp3) is 0.526. The standard InChI is InChI=1S/C19H28FN5O/c1-15-3-5-16(6-4-15)23-7-9-25(10-8-23)19(22-2)17(20)18(21)24-11-13-26-14-12-24/h3-6,21-22H,7-14H2,1-2H3/b19-17-,21-18?. The van der Waals surface area contributed by atoms with Crippen molar-refractivity contribution in [3.8, 4) is 0 Å². The molecule has 26 heavy (non-hydrogen) atoms. The van der Waals surface area contributed by atoms with E-state index < -0.39 is 5.83 Å².